The molecule has 7 nitrogen and oxygen atoms in total. The number of hydrogen-bond donors (Lipinski definition) is 1. The zero-order chi connectivity index (χ0) is 19.6. The maximum absolute atomic E-state index is 12.7. The van der Waals surface area contributed by atoms with Crippen molar-refractivity contribution in [2.75, 3.05) is 18.4 Å². The molecular formula is C18H26N4O3S2. The molecule has 1 amide bonds. The standard InChI is InChI=1S/C18H26N4O3S2/c1-4-22(5-2)27(24,25)13-11-15(21(3)12-13)17(23)20-18-19-14-9-7-6-8-10-16(14)26-18/h11-12H,4-10H2,1-3H3,(H,19,20,23). The van der Waals surface area contributed by atoms with E-state index in [1.54, 1.807) is 25.5 Å². The first-order valence-corrected chi connectivity index (χ1v) is 11.6. The number of carbonyl (C=O) groups excluding carboxylic acids is 1. The average Bonchev–Trinajstić information content (AvgIpc) is 3.13. The third-order valence-electron chi connectivity index (χ3n) is 4.87. The second-order valence-electron chi connectivity index (χ2n) is 6.66. The number of rotatable bonds is 6. The quantitative estimate of drug-likeness (QED) is 0.742. The van der Waals surface area contributed by atoms with Crippen molar-refractivity contribution in [2.24, 2.45) is 7.05 Å². The van der Waals surface area contributed by atoms with Crippen LogP contribution in [-0.2, 0) is 29.9 Å². The second kappa shape index (κ2) is 8.12. The summed E-state index contributed by atoms with van der Waals surface area (Å²) >= 11 is 1.52. The van der Waals surface area contributed by atoms with Crippen LogP contribution in [-0.4, -0.2) is 41.3 Å². The van der Waals surface area contributed by atoms with Crippen LogP contribution in [0.3, 0.4) is 0 Å². The third kappa shape index (κ3) is 4.09. The van der Waals surface area contributed by atoms with Gasteiger partial charge in [0.15, 0.2) is 5.13 Å². The van der Waals surface area contributed by atoms with Crippen molar-refractivity contribution in [1.29, 1.82) is 0 Å². The van der Waals surface area contributed by atoms with Crippen molar-refractivity contribution in [3.8, 4) is 0 Å². The highest BCUT2D eigenvalue weighted by atomic mass is 32.2. The van der Waals surface area contributed by atoms with Crippen molar-refractivity contribution in [2.45, 2.75) is 50.8 Å². The number of anilines is 1. The fraction of sp³-hybridized carbons (Fsp3) is 0.556. The van der Waals surface area contributed by atoms with Gasteiger partial charge >= 0.3 is 0 Å². The van der Waals surface area contributed by atoms with E-state index in [1.807, 2.05) is 0 Å². The molecule has 0 fully saturated rings. The average molecular weight is 411 g/mol. The summed E-state index contributed by atoms with van der Waals surface area (Å²) in [7, 11) is -1.92. The minimum Gasteiger partial charge on any atom is -0.345 e. The van der Waals surface area contributed by atoms with Gasteiger partial charge in [0.05, 0.1) is 5.69 Å². The molecule has 1 N–H and O–H groups in total. The van der Waals surface area contributed by atoms with E-state index in [1.165, 1.54) is 39.2 Å². The van der Waals surface area contributed by atoms with Crippen LogP contribution in [0.25, 0.3) is 0 Å². The second-order valence-corrected chi connectivity index (χ2v) is 9.69. The van der Waals surface area contributed by atoms with Crippen molar-refractivity contribution in [1.82, 2.24) is 13.9 Å². The smallest absolute Gasteiger partial charge is 0.274 e. The topological polar surface area (TPSA) is 84.3 Å². The minimum absolute atomic E-state index is 0.133. The molecular weight excluding hydrogens is 384 g/mol. The fourth-order valence-corrected chi connectivity index (χ4v) is 5.93. The highest BCUT2D eigenvalue weighted by molar-refractivity contribution is 7.89. The fourth-order valence-electron chi connectivity index (χ4n) is 3.36. The molecule has 1 aliphatic rings. The number of sulfonamides is 1. The summed E-state index contributed by atoms with van der Waals surface area (Å²) in [5.41, 5.74) is 1.38. The Labute approximate surface area is 164 Å². The molecule has 148 valence electrons. The predicted octanol–water partition coefficient (Wildman–Crippen LogP) is 3.03. The molecule has 9 heteroatoms. The van der Waals surface area contributed by atoms with Crippen LogP contribution in [0.2, 0.25) is 0 Å². The van der Waals surface area contributed by atoms with E-state index < -0.39 is 10.0 Å². The summed E-state index contributed by atoms with van der Waals surface area (Å²) < 4.78 is 28.3. The zero-order valence-corrected chi connectivity index (χ0v) is 17.6. The molecule has 27 heavy (non-hydrogen) atoms. The van der Waals surface area contributed by atoms with Gasteiger partial charge < -0.3 is 4.57 Å². The van der Waals surface area contributed by atoms with Gasteiger partial charge in [-0.15, -0.1) is 11.3 Å². The van der Waals surface area contributed by atoms with E-state index in [2.05, 4.69) is 10.3 Å². The van der Waals surface area contributed by atoms with Crippen molar-refractivity contribution >= 4 is 32.4 Å². The number of fused-ring (bicyclic) bond motifs is 1. The largest absolute Gasteiger partial charge is 0.345 e. The summed E-state index contributed by atoms with van der Waals surface area (Å²) in [4.78, 5) is 18.6. The number of nitrogens with one attached hydrogen (secondary N) is 1. The zero-order valence-electron chi connectivity index (χ0n) is 16.0. The Kier molecular flexibility index (Phi) is 6.02. The summed E-state index contributed by atoms with van der Waals surface area (Å²) in [6.07, 6.45) is 6.97. The van der Waals surface area contributed by atoms with Crippen LogP contribution >= 0.6 is 11.3 Å². The lowest BCUT2D eigenvalue weighted by Crippen LogP contribution is -2.30. The van der Waals surface area contributed by atoms with E-state index in [0.717, 1.165) is 31.4 Å². The lowest BCUT2D eigenvalue weighted by atomic mass is 10.2. The number of carbonyl (C=O) groups is 1. The lowest BCUT2D eigenvalue weighted by Gasteiger charge is -2.17. The van der Waals surface area contributed by atoms with Crippen LogP contribution in [0.5, 0.6) is 0 Å². The van der Waals surface area contributed by atoms with Gasteiger partial charge in [-0.3, -0.25) is 10.1 Å². The van der Waals surface area contributed by atoms with Gasteiger partial charge in [-0.05, 0) is 31.7 Å². The van der Waals surface area contributed by atoms with Gasteiger partial charge in [0.1, 0.15) is 10.6 Å². The van der Waals surface area contributed by atoms with Gasteiger partial charge in [-0.2, -0.15) is 4.31 Å². The Morgan fingerprint density at radius 2 is 1.96 bits per heavy atom. The Morgan fingerprint density at radius 3 is 2.67 bits per heavy atom. The Hall–Kier alpha value is -1.71. The van der Waals surface area contributed by atoms with Crippen LogP contribution in [0, 0.1) is 0 Å². The summed E-state index contributed by atoms with van der Waals surface area (Å²) in [6.45, 7) is 4.37. The third-order valence-corrected chi connectivity index (χ3v) is 7.96. The molecule has 2 aromatic heterocycles. The van der Waals surface area contributed by atoms with Crippen LogP contribution in [0.15, 0.2) is 17.2 Å². The van der Waals surface area contributed by atoms with Gasteiger partial charge in [0.2, 0.25) is 10.0 Å². The number of amides is 1. The van der Waals surface area contributed by atoms with Crippen molar-refractivity contribution in [3.05, 3.63) is 28.5 Å². The maximum Gasteiger partial charge on any atom is 0.274 e. The number of aryl methyl sites for hydroxylation is 3. The normalized spacial score (nSPS) is 14.8. The number of thiazole rings is 1. The number of hydrogen-bond acceptors (Lipinski definition) is 5. The molecule has 0 unspecified atom stereocenters. The van der Waals surface area contributed by atoms with Crippen molar-refractivity contribution in [3.63, 3.8) is 0 Å². The summed E-state index contributed by atoms with van der Waals surface area (Å²) in [5, 5.41) is 3.42. The molecule has 0 saturated heterocycles. The first-order valence-electron chi connectivity index (χ1n) is 9.33. The van der Waals surface area contributed by atoms with E-state index >= 15 is 0 Å². The van der Waals surface area contributed by atoms with Gasteiger partial charge in [-0.25, -0.2) is 13.4 Å². The van der Waals surface area contributed by atoms with Gasteiger partial charge in [0.25, 0.3) is 5.91 Å². The first kappa shape index (κ1) is 20.0. The predicted molar refractivity (Wildman–Crippen MR) is 107 cm³/mol. The van der Waals surface area contributed by atoms with E-state index in [9.17, 15) is 13.2 Å². The number of aromatic nitrogens is 2. The summed E-state index contributed by atoms with van der Waals surface area (Å²) in [6, 6.07) is 1.43. The molecule has 0 aliphatic heterocycles. The van der Waals surface area contributed by atoms with Crippen molar-refractivity contribution < 1.29 is 13.2 Å². The highest BCUT2D eigenvalue weighted by Gasteiger charge is 2.26. The molecule has 2 heterocycles. The molecule has 3 rings (SSSR count). The van der Waals surface area contributed by atoms with Gasteiger partial charge in [0, 0.05) is 31.2 Å². The molecule has 0 saturated carbocycles. The molecule has 1 aliphatic carbocycles. The van der Waals surface area contributed by atoms with Crippen LogP contribution in [0.4, 0.5) is 5.13 Å². The highest BCUT2D eigenvalue weighted by Crippen LogP contribution is 2.29. The number of nitrogens with zero attached hydrogens (tertiary/aromatic N) is 3. The Morgan fingerprint density at radius 1 is 1.26 bits per heavy atom. The Balaban J connectivity index is 1.81. The molecule has 0 atom stereocenters. The van der Waals surface area contributed by atoms with E-state index in [0.29, 0.717) is 23.9 Å². The van der Waals surface area contributed by atoms with Gasteiger partial charge in [-0.1, -0.05) is 20.3 Å². The minimum atomic E-state index is -3.60. The molecule has 0 spiro atoms. The molecule has 2 aromatic rings. The molecule has 0 radical (unpaired) electrons. The maximum atomic E-state index is 12.7. The Bertz CT molecular complexity index is 903. The monoisotopic (exact) mass is 410 g/mol. The SMILES string of the molecule is CCN(CC)S(=O)(=O)c1cc(C(=O)Nc2nc3c(s2)CCCCC3)n(C)c1. The molecule has 0 bridgehead atoms. The summed E-state index contributed by atoms with van der Waals surface area (Å²) in [5.74, 6) is -0.345. The first-order chi connectivity index (χ1) is 12.9. The van der Waals surface area contributed by atoms with E-state index in [-0.39, 0.29) is 10.8 Å². The van der Waals surface area contributed by atoms with Crippen LogP contribution in [0.1, 0.15) is 54.2 Å². The molecule has 0 aromatic carbocycles. The lowest BCUT2D eigenvalue weighted by molar-refractivity contribution is 0.101. The van der Waals surface area contributed by atoms with E-state index in [4.69, 9.17) is 0 Å². The van der Waals surface area contributed by atoms with Crippen LogP contribution < -0.4 is 5.32 Å².